The van der Waals surface area contributed by atoms with Crippen molar-refractivity contribution >= 4 is 44.3 Å². The first-order valence-corrected chi connectivity index (χ1v) is 13.7. The van der Waals surface area contributed by atoms with Gasteiger partial charge in [-0.25, -0.2) is 0 Å². The molecule has 4 aliphatic rings. The molecule has 180 valence electrons. The van der Waals surface area contributed by atoms with Crippen LogP contribution in [0.5, 0.6) is 0 Å². The molecule has 1 spiro atoms. The first-order valence-electron chi connectivity index (χ1n) is 13.7. The molecule has 0 aromatic heterocycles. The molecule has 0 saturated heterocycles. The molecule has 9 rings (SSSR count). The van der Waals surface area contributed by atoms with Crippen LogP contribution >= 0.6 is 0 Å². The summed E-state index contributed by atoms with van der Waals surface area (Å²) < 4.78 is 0. The molecule has 0 nitrogen and oxygen atoms in total. The molecular weight excluding hydrogens is 468 g/mol. The van der Waals surface area contributed by atoms with Gasteiger partial charge in [-0.3, -0.25) is 0 Å². The SMILES string of the molecule is C1=CC2(C=CC=C3C2=C(c2cccc4cc5ccccc5cc24)c2ccccc23)C2=Cc3ccccc3C2=C1. The van der Waals surface area contributed by atoms with E-state index in [1.54, 1.807) is 0 Å². The molecule has 0 aliphatic heterocycles. The third kappa shape index (κ3) is 2.73. The van der Waals surface area contributed by atoms with Crippen LogP contribution in [0.4, 0.5) is 0 Å². The standard InChI is InChI=1S/C39H24/c1-2-11-26-23-35-27(22-25(26)10-1)13-7-17-33(35)37-32-16-6-5-15-30(32)34-19-9-21-39(38(34)37)20-8-18-31-29-14-4-3-12-28(29)24-36(31)39/h1-24H. The fourth-order valence-corrected chi connectivity index (χ4v) is 7.30. The van der Waals surface area contributed by atoms with Crippen LogP contribution in [0.3, 0.4) is 0 Å². The summed E-state index contributed by atoms with van der Waals surface area (Å²) in [6, 6.07) is 38.0. The van der Waals surface area contributed by atoms with Gasteiger partial charge in [-0.05, 0) is 95.4 Å². The van der Waals surface area contributed by atoms with Crippen molar-refractivity contribution in [2.45, 2.75) is 0 Å². The Labute approximate surface area is 227 Å². The molecule has 0 bridgehead atoms. The summed E-state index contributed by atoms with van der Waals surface area (Å²) in [5.74, 6) is 0. The molecular formula is C39H24. The monoisotopic (exact) mass is 492 g/mol. The molecule has 39 heavy (non-hydrogen) atoms. The van der Waals surface area contributed by atoms with Crippen LogP contribution in [-0.4, -0.2) is 0 Å². The smallest absolute Gasteiger partial charge is 0.0587 e. The molecule has 0 radical (unpaired) electrons. The molecule has 4 aliphatic carbocycles. The molecule has 0 fully saturated rings. The van der Waals surface area contributed by atoms with Crippen molar-refractivity contribution in [3.8, 4) is 0 Å². The predicted octanol–water partition coefficient (Wildman–Crippen LogP) is 9.80. The fraction of sp³-hybridized carbons (Fsp3) is 0.0256. The maximum absolute atomic E-state index is 2.42. The second kappa shape index (κ2) is 7.56. The van der Waals surface area contributed by atoms with E-state index in [1.807, 2.05) is 0 Å². The highest BCUT2D eigenvalue weighted by atomic mass is 14.5. The average Bonchev–Trinajstić information content (AvgIpc) is 3.54. The van der Waals surface area contributed by atoms with Crippen LogP contribution in [-0.2, 0) is 0 Å². The molecule has 0 heterocycles. The van der Waals surface area contributed by atoms with E-state index in [0.717, 1.165) is 0 Å². The summed E-state index contributed by atoms with van der Waals surface area (Å²) in [4.78, 5) is 0. The number of hydrogen-bond acceptors (Lipinski definition) is 0. The Morgan fingerprint density at radius 2 is 1.13 bits per heavy atom. The first kappa shape index (κ1) is 21.0. The zero-order valence-electron chi connectivity index (χ0n) is 21.4. The van der Waals surface area contributed by atoms with E-state index in [2.05, 4.69) is 146 Å². The minimum atomic E-state index is -0.333. The zero-order chi connectivity index (χ0) is 25.6. The van der Waals surface area contributed by atoms with Gasteiger partial charge >= 0.3 is 0 Å². The van der Waals surface area contributed by atoms with Gasteiger partial charge in [0.05, 0.1) is 5.41 Å². The van der Waals surface area contributed by atoms with Crippen LogP contribution < -0.4 is 0 Å². The Kier molecular flexibility index (Phi) is 4.08. The molecule has 5 aromatic rings. The second-order valence-electron chi connectivity index (χ2n) is 10.9. The number of benzene rings is 5. The van der Waals surface area contributed by atoms with E-state index >= 15 is 0 Å². The normalized spacial score (nSPS) is 20.1. The van der Waals surface area contributed by atoms with Gasteiger partial charge in [0.25, 0.3) is 0 Å². The summed E-state index contributed by atoms with van der Waals surface area (Å²) in [5.41, 5.74) is 13.1. The first-order chi connectivity index (χ1) is 19.3. The summed E-state index contributed by atoms with van der Waals surface area (Å²) in [5, 5.41) is 5.14. The van der Waals surface area contributed by atoms with Crippen molar-refractivity contribution in [1.29, 1.82) is 0 Å². The van der Waals surface area contributed by atoms with Gasteiger partial charge in [-0.1, -0.05) is 127 Å². The lowest BCUT2D eigenvalue weighted by Crippen LogP contribution is -2.25. The molecule has 1 unspecified atom stereocenters. The third-order valence-electron chi connectivity index (χ3n) is 8.97. The van der Waals surface area contributed by atoms with Crippen molar-refractivity contribution in [1.82, 2.24) is 0 Å². The molecule has 0 N–H and O–H groups in total. The highest BCUT2D eigenvalue weighted by Gasteiger charge is 2.46. The summed E-state index contributed by atoms with van der Waals surface area (Å²) in [6.07, 6.45) is 16.4. The molecule has 0 saturated carbocycles. The number of hydrogen-bond donors (Lipinski definition) is 0. The Hall–Kier alpha value is -4.94. The highest BCUT2D eigenvalue weighted by molar-refractivity contribution is 6.15. The van der Waals surface area contributed by atoms with Crippen molar-refractivity contribution in [2.24, 2.45) is 5.41 Å². The van der Waals surface area contributed by atoms with Crippen LogP contribution in [0.1, 0.15) is 27.8 Å². The van der Waals surface area contributed by atoms with Gasteiger partial charge in [-0.15, -0.1) is 0 Å². The zero-order valence-corrected chi connectivity index (χ0v) is 21.4. The second-order valence-corrected chi connectivity index (χ2v) is 10.9. The van der Waals surface area contributed by atoms with E-state index < -0.39 is 0 Å². The molecule has 5 aromatic carbocycles. The summed E-state index contributed by atoms with van der Waals surface area (Å²) >= 11 is 0. The molecule has 0 heteroatoms. The van der Waals surface area contributed by atoms with Crippen molar-refractivity contribution in [3.05, 3.63) is 179 Å². The molecule has 0 amide bonds. The minimum Gasteiger partial charge on any atom is -0.0657 e. The van der Waals surface area contributed by atoms with Crippen LogP contribution in [0, 0.1) is 5.41 Å². The average molecular weight is 493 g/mol. The maximum Gasteiger partial charge on any atom is 0.0587 e. The summed E-state index contributed by atoms with van der Waals surface area (Å²) in [7, 11) is 0. The number of allylic oxidation sites excluding steroid dienone is 10. The Morgan fingerprint density at radius 1 is 0.487 bits per heavy atom. The van der Waals surface area contributed by atoms with Gasteiger partial charge in [-0.2, -0.15) is 0 Å². The van der Waals surface area contributed by atoms with E-state index in [4.69, 9.17) is 0 Å². The van der Waals surface area contributed by atoms with E-state index in [1.165, 1.54) is 77.2 Å². The minimum absolute atomic E-state index is 0.333. The Bertz CT molecular complexity index is 2090. The Morgan fingerprint density at radius 3 is 1.97 bits per heavy atom. The maximum atomic E-state index is 2.42. The van der Waals surface area contributed by atoms with E-state index in [9.17, 15) is 0 Å². The lowest BCUT2D eigenvalue weighted by atomic mass is 9.64. The van der Waals surface area contributed by atoms with E-state index in [0.29, 0.717) is 0 Å². The van der Waals surface area contributed by atoms with Crippen molar-refractivity contribution in [3.63, 3.8) is 0 Å². The largest absolute Gasteiger partial charge is 0.0657 e. The van der Waals surface area contributed by atoms with Gasteiger partial charge in [0, 0.05) is 0 Å². The van der Waals surface area contributed by atoms with Crippen LogP contribution in [0.25, 0.3) is 44.3 Å². The van der Waals surface area contributed by atoms with Gasteiger partial charge in [0.1, 0.15) is 0 Å². The van der Waals surface area contributed by atoms with Crippen LogP contribution in [0.15, 0.2) is 151 Å². The van der Waals surface area contributed by atoms with Crippen molar-refractivity contribution < 1.29 is 0 Å². The predicted molar refractivity (Wildman–Crippen MR) is 165 cm³/mol. The third-order valence-corrected chi connectivity index (χ3v) is 8.97. The van der Waals surface area contributed by atoms with E-state index in [-0.39, 0.29) is 5.41 Å². The topological polar surface area (TPSA) is 0 Å². The van der Waals surface area contributed by atoms with Crippen molar-refractivity contribution in [2.75, 3.05) is 0 Å². The van der Waals surface area contributed by atoms with Gasteiger partial charge < -0.3 is 0 Å². The van der Waals surface area contributed by atoms with Gasteiger partial charge in [0.15, 0.2) is 0 Å². The quantitative estimate of drug-likeness (QED) is 0.204. The highest BCUT2D eigenvalue weighted by Crippen LogP contribution is 2.62. The lowest BCUT2D eigenvalue weighted by Gasteiger charge is -2.37. The number of fused-ring (bicyclic) bond motifs is 10. The van der Waals surface area contributed by atoms with Crippen LogP contribution in [0.2, 0.25) is 0 Å². The fourth-order valence-electron chi connectivity index (χ4n) is 7.30. The Balaban J connectivity index is 1.39. The molecule has 1 atom stereocenters. The van der Waals surface area contributed by atoms with Gasteiger partial charge in [0.2, 0.25) is 0 Å². The lowest BCUT2D eigenvalue weighted by molar-refractivity contribution is 0.751. The summed E-state index contributed by atoms with van der Waals surface area (Å²) in [6.45, 7) is 0. The number of rotatable bonds is 1.